The van der Waals surface area contributed by atoms with Gasteiger partial charge in [-0.1, -0.05) is 6.07 Å². The van der Waals surface area contributed by atoms with Crippen LogP contribution in [0.4, 0.5) is 10.2 Å². The second-order valence-corrected chi connectivity index (χ2v) is 5.69. The van der Waals surface area contributed by atoms with Gasteiger partial charge in [-0.3, -0.25) is 4.98 Å². The van der Waals surface area contributed by atoms with Crippen LogP contribution in [0.2, 0.25) is 0 Å². The van der Waals surface area contributed by atoms with E-state index < -0.39 is 0 Å². The van der Waals surface area contributed by atoms with Crippen LogP contribution in [0.3, 0.4) is 0 Å². The van der Waals surface area contributed by atoms with Crippen LogP contribution in [0, 0.1) is 12.7 Å². The molecule has 0 fully saturated rings. The van der Waals surface area contributed by atoms with Gasteiger partial charge in [0.05, 0.1) is 23.1 Å². The van der Waals surface area contributed by atoms with Gasteiger partial charge < -0.3 is 5.73 Å². The molecule has 122 valence electrons. The summed E-state index contributed by atoms with van der Waals surface area (Å²) in [5, 5.41) is 0.948. The lowest BCUT2D eigenvalue weighted by Crippen LogP contribution is -1.98. The van der Waals surface area contributed by atoms with Gasteiger partial charge in [-0.15, -0.1) is 0 Å². The molecule has 0 atom stereocenters. The van der Waals surface area contributed by atoms with Crippen LogP contribution >= 0.6 is 0 Å². The van der Waals surface area contributed by atoms with Crippen LogP contribution in [0.5, 0.6) is 0 Å². The smallest absolute Gasteiger partial charge is 0.142 e. The average Bonchev–Trinajstić information content (AvgIpc) is 2.62. The van der Waals surface area contributed by atoms with E-state index in [0.717, 1.165) is 27.7 Å². The lowest BCUT2D eigenvalue weighted by Gasteiger charge is -2.10. The molecule has 0 aliphatic rings. The Balaban J connectivity index is 1.94. The van der Waals surface area contributed by atoms with Gasteiger partial charge in [0.2, 0.25) is 0 Å². The third kappa shape index (κ3) is 2.78. The molecule has 0 spiro atoms. The van der Waals surface area contributed by atoms with Gasteiger partial charge in [-0.25, -0.2) is 19.3 Å². The fourth-order valence-corrected chi connectivity index (χ4v) is 2.76. The molecular formula is C19H14FN5. The molecule has 0 aliphatic carbocycles. The van der Waals surface area contributed by atoms with Crippen LogP contribution in [0.1, 0.15) is 5.69 Å². The minimum Gasteiger partial charge on any atom is -0.382 e. The van der Waals surface area contributed by atoms with Crippen LogP contribution in [0.15, 0.2) is 55.0 Å². The number of rotatable bonds is 2. The van der Waals surface area contributed by atoms with E-state index in [1.807, 2.05) is 25.1 Å². The SMILES string of the molecule is Cc1ncnc2ccc(-c3ncc(N)nc3-c3ccc(F)cc3)cc12. The largest absolute Gasteiger partial charge is 0.382 e. The van der Waals surface area contributed by atoms with Gasteiger partial charge in [-0.2, -0.15) is 0 Å². The first kappa shape index (κ1) is 15.1. The topological polar surface area (TPSA) is 77.6 Å². The number of hydrogen-bond acceptors (Lipinski definition) is 5. The number of anilines is 1. The molecule has 0 amide bonds. The predicted molar refractivity (Wildman–Crippen MR) is 95.1 cm³/mol. The first-order chi connectivity index (χ1) is 12.1. The highest BCUT2D eigenvalue weighted by Gasteiger charge is 2.13. The van der Waals surface area contributed by atoms with E-state index in [2.05, 4.69) is 19.9 Å². The zero-order chi connectivity index (χ0) is 17.4. The van der Waals surface area contributed by atoms with Crippen LogP contribution in [-0.2, 0) is 0 Å². The third-order valence-electron chi connectivity index (χ3n) is 4.02. The Labute approximate surface area is 143 Å². The first-order valence-electron chi connectivity index (χ1n) is 7.72. The molecule has 6 heteroatoms. The highest BCUT2D eigenvalue weighted by molar-refractivity contribution is 5.88. The number of aromatic nitrogens is 4. The number of nitrogen functional groups attached to an aromatic ring is 1. The Morgan fingerprint density at radius 3 is 2.44 bits per heavy atom. The van der Waals surface area contributed by atoms with Crippen molar-refractivity contribution < 1.29 is 4.39 Å². The Morgan fingerprint density at radius 2 is 1.64 bits per heavy atom. The molecule has 2 heterocycles. The summed E-state index contributed by atoms with van der Waals surface area (Å²) in [4.78, 5) is 17.4. The summed E-state index contributed by atoms with van der Waals surface area (Å²) in [6.07, 6.45) is 3.06. The van der Waals surface area contributed by atoms with E-state index in [0.29, 0.717) is 17.2 Å². The summed E-state index contributed by atoms with van der Waals surface area (Å²) in [7, 11) is 0. The normalized spacial score (nSPS) is 11.0. The van der Waals surface area contributed by atoms with E-state index in [-0.39, 0.29) is 5.82 Å². The minimum absolute atomic E-state index is 0.305. The molecule has 0 saturated carbocycles. The molecule has 0 radical (unpaired) electrons. The van der Waals surface area contributed by atoms with E-state index in [4.69, 9.17) is 5.73 Å². The molecule has 0 bridgehead atoms. The second-order valence-electron chi connectivity index (χ2n) is 5.69. The molecule has 2 aromatic heterocycles. The molecule has 0 unspecified atom stereocenters. The summed E-state index contributed by atoms with van der Waals surface area (Å²) in [6.45, 7) is 1.93. The summed E-state index contributed by atoms with van der Waals surface area (Å²) >= 11 is 0. The van der Waals surface area contributed by atoms with E-state index in [9.17, 15) is 4.39 Å². The molecule has 0 aliphatic heterocycles. The Bertz CT molecular complexity index is 1080. The van der Waals surface area contributed by atoms with E-state index in [1.165, 1.54) is 18.3 Å². The average molecular weight is 331 g/mol. The van der Waals surface area contributed by atoms with Crippen LogP contribution in [-0.4, -0.2) is 19.9 Å². The van der Waals surface area contributed by atoms with Crippen molar-refractivity contribution in [3.63, 3.8) is 0 Å². The van der Waals surface area contributed by atoms with Crippen molar-refractivity contribution in [3.05, 3.63) is 66.5 Å². The zero-order valence-electron chi connectivity index (χ0n) is 13.4. The number of halogens is 1. The predicted octanol–water partition coefficient (Wildman–Crippen LogP) is 3.78. The van der Waals surface area contributed by atoms with Gasteiger partial charge in [0.1, 0.15) is 18.0 Å². The molecular weight excluding hydrogens is 317 g/mol. The number of nitrogens with zero attached hydrogens (tertiary/aromatic N) is 4. The lowest BCUT2D eigenvalue weighted by atomic mass is 10.0. The number of nitrogens with two attached hydrogens (primary N) is 1. The van der Waals surface area contributed by atoms with Gasteiger partial charge >= 0.3 is 0 Å². The molecule has 2 N–H and O–H groups in total. The van der Waals surface area contributed by atoms with Crippen molar-refractivity contribution in [1.82, 2.24) is 19.9 Å². The number of fused-ring (bicyclic) bond motifs is 1. The van der Waals surface area contributed by atoms with E-state index in [1.54, 1.807) is 18.5 Å². The molecule has 4 aromatic rings. The fraction of sp³-hybridized carbons (Fsp3) is 0.0526. The van der Waals surface area contributed by atoms with E-state index >= 15 is 0 Å². The minimum atomic E-state index is -0.305. The maximum Gasteiger partial charge on any atom is 0.142 e. The number of aryl methyl sites for hydroxylation is 1. The molecule has 4 rings (SSSR count). The summed E-state index contributed by atoms with van der Waals surface area (Å²) in [5.74, 6) is 0.00372. The van der Waals surface area contributed by atoms with Gasteiger partial charge in [0, 0.05) is 22.2 Å². The van der Waals surface area contributed by atoms with Crippen molar-refractivity contribution in [2.75, 3.05) is 5.73 Å². The highest BCUT2D eigenvalue weighted by Crippen LogP contribution is 2.31. The van der Waals surface area contributed by atoms with Gasteiger partial charge in [0.15, 0.2) is 0 Å². The number of hydrogen-bond donors (Lipinski definition) is 1. The van der Waals surface area contributed by atoms with Crippen molar-refractivity contribution >= 4 is 16.7 Å². The molecule has 0 saturated heterocycles. The van der Waals surface area contributed by atoms with Crippen molar-refractivity contribution in [1.29, 1.82) is 0 Å². The zero-order valence-corrected chi connectivity index (χ0v) is 13.4. The molecule has 5 nitrogen and oxygen atoms in total. The maximum absolute atomic E-state index is 13.2. The maximum atomic E-state index is 13.2. The van der Waals surface area contributed by atoms with Gasteiger partial charge in [0.25, 0.3) is 0 Å². The molecule has 25 heavy (non-hydrogen) atoms. The second kappa shape index (κ2) is 5.90. The summed E-state index contributed by atoms with van der Waals surface area (Å²) in [6, 6.07) is 12.0. The monoisotopic (exact) mass is 331 g/mol. The first-order valence-corrected chi connectivity index (χ1v) is 7.72. The Kier molecular flexibility index (Phi) is 3.57. The standard InChI is InChI=1S/C19H14FN5/c1-11-15-8-13(4-7-16(15)24-10-23-11)18-19(25-17(21)9-22-18)12-2-5-14(20)6-3-12/h2-10H,1H3,(H2,21,25). The lowest BCUT2D eigenvalue weighted by molar-refractivity contribution is 0.628. The quantitative estimate of drug-likeness (QED) is 0.605. The van der Waals surface area contributed by atoms with Crippen molar-refractivity contribution in [2.45, 2.75) is 6.92 Å². The summed E-state index contributed by atoms with van der Waals surface area (Å²) < 4.78 is 13.2. The number of benzene rings is 2. The Morgan fingerprint density at radius 1 is 0.880 bits per heavy atom. The Hall–Kier alpha value is -3.41. The fourth-order valence-electron chi connectivity index (χ4n) is 2.76. The highest BCUT2D eigenvalue weighted by atomic mass is 19.1. The summed E-state index contributed by atoms with van der Waals surface area (Å²) in [5.41, 5.74) is 10.5. The van der Waals surface area contributed by atoms with Crippen molar-refractivity contribution in [2.24, 2.45) is 0 Å². The van der Waals surface area contributed by atoms with Crippen LogP contribution in [0.25, 0.3) is 33.4 Å². The van der Waals surface area contributed by atoms with Crippen LogP contribution < -0.4 is 5.73 Å². The van der Waals surface area contributed by atoms with Gasteiger partial charge in [-0.05, 0) is 43.3 Å². The third-order valence-corrected chi connectivity index (χ3v) is 4.02. The molecule has 2 aromatic carbocycles. The van der Waals surface area contributed by atoms with Crippen molar-refractivity contribution in [3.8, 4) is 22.5 Å².